The summed E-state index contributed by atoms with van der Waals surface area (Å²) < 4.78 is 5.65. The molecule has 0 radical (unpaired) electrons. The van der Waals surface area contributed by atoms with E-state index in [1.807, 2.05) is 5.01 Å². The van der Waals surface area contributed by atoms with Crippen LogP contribution in [0.2, 0.25) is 0 Å². The maximum absolute atomic E-state index is 12.5. The van der Waals surface area contributed by atoms with Gasteiger partial charge in [0.05, 0.1) is 11.6 Å². The number of ether oxygens (including phenoxy) is 1. The molecule has 0 aromatic carbocycles. The summed E-state index contributed by atoms with van der Waals surface area (Å²) in [5.74, 6) is 0.549. The van der Waals surface area contributed by atoms with Gasteiger partial charge in [-0.15, -0.1) is 0 Å². The first-order chi connectivity index (χ1) is 9.01. The van der Waals surface area contributed by atoms with Crippen molar-refractivity contribution in [3.8, 4) is 0 Å². The van der Waals surface area contributed by atoms with Crippen LogP contribution in [0.5, 0.6) is 0 Å². The number of hydrogen-bond acceptors (Lipinski definition) is 3. The summed E-state index contributed by atoms with van der Waals surface area (Å²) in [7, 11) is 1.77. The number of carbonyl (C=O) groups excluding carboxylic acids is 1. The molecule has 0 aliphatic carbocycles. The highest BCUT2D eigenvalue weighted by Gasteiger charge is 2.43. The lowest BCUT2D eigenvalue weighted by atomic mass is 9.94. The molecule has 0 aromatic heterocycles. The average molecular weight is 268 g/mol. The van der Waals surface area contributed by atoms with E-state index >= 15 is 0 Å². The molecule has 2 saturated heterocycles. The first-order valence-corrected chi connectivity index (χ1v) is 7.64. The Morgan fingerprint density at radius 2 is 1.95 bits per heavy atom. The minimum atomic E-state index is -0.198. The predicted molar refractivity (Wildman–Crippen MR) is 75.5 cm³/mol. The number of amides is 1. The zero-order chi connectivity index (χ0) is 14.0. The van der Waals surface area contributed by atoms with Gasteiger partial charge in [0.25, 0.3) is 0 Å². The molecule has 2 rings (SSSR count). The smallest absolute Gasteiger partial charge is 0.239 e. The van der Waals surface area contributed by atoms with Crippen molar-refractivity contribution in [3.63, 3.8) is 0 Å². The number of carbonyl (C=O) groups is 1. The lowest BCUT2D eigenvalue weighted by Crippen LogP contribution is -2.58. The Morgan fingerprint density at radius 1 is 1.26 bits per heavy atom. The van der Waals surface area contributed by atoms with Crippen LogP contribution in [0.3, 0.4) is 0 Å². The van der Waals surface area contributed by atoms with E-state index in [2.05, 4.69) is 25.8 Å². The number of nitrogens with zero attached hydrogens (tertiary/aromatic N) is 2. The zero-order valence-electron chi connectivity index (χ0n) is 12.8. The fraction of sp³-hybridized carbons (Fsp3) is 0.933. The molecule has 0 bridgehead atoms. The summed E-state index contributed by atoms with van der Waals surface area (Å²) in [5, 5.41) is 4.31. The van der Waals surface area contributed by atoms with Crippen LogP contribution < -0.4 is 0 Å². The van der Waals surface area contributed by atoms with Crippen LogP contribution in [0.1, 0.15) is 52.9 Å². The number of rotatable bonds is 4. The van der Waals surface area contributed by atoms with Gasteiger partial charge in [-0.25, -0.2) is 5.01 Å². The Morgan fingerprint density at radius 3 is 2.58 bits per heavy atom. The summed E-state index contributed by atoms with van der Waals surface area (Å²) in [6.07, 6.45) is 5.40. The number of hydrogen-bond donors (Lipinski definition) is 0. The molecule has 2 atom stereocenters. The molecule has 2 fully saturated rings. The van der Waals surface area contributed by atoms with Gasteiger partial charge in [-0.05, 0) is 46.0 Å². The second-order valence-electron chi connectivity index (χ2n) is 6.34. The molecule has 0 N–H and O–H groups in total. The number of piperidine rings is 1. The van der Waals surface area contributed by atoms with Gasteiger partial charge >= 0.3 is 0 Å². The molecule has 0 aromatic rings. The van der Waals surface area contributed by atoms with Gasteiger partial charge in [0.1, 0.15) is 0 Å². The summed E-state index contributed by atoms with van der Waals surface area (Å²) in [6, 6.07) is 0.317. The van der Waals surface area contributed by atoms with E-state index < -0.39 is 0 Å². The molecule has 2 aliphatic rings. The molecule has 19 heavy (non-hydrogen) atoms. The minimum Gasteiger partial charge on any atom is -0.377 e. The zero-order valence-corrected chi connectivity index (χ0v) is 12.8. The van der Waals surface area contributed by atoms with E-state index in [0.29, 0.717) is 11.9 Å². The van der Waals surface area contributed by atoms with E-state index in [1.54, 1.807) is 7.11 Å². The van der Waals surface area contributed by atoms with E-state index in [-0.39, 0.29) is 11.5 Å². The van der Waals surface area contributed by atoms with Crippen LogP contribution >= 0.6 is 0 Å². The molecule has 0 saturated carbocycles. The maximum atomic E-state index is 12.5. The van der Waals surface area contributed by atoms with Gasteiger partial charge in [0.15, 0.2) is 0 Å². The average Bonchev–Trinajstić information content (AvgIpc) is 2.89. The normalized spacial score (nSPS) is 30.1. The summed E-state index contributed by atoms with van der Waals surface area (Å²) in [5.41, 5.74) is -0.198. The highest BCUT2D eigenvalue weighted by atomic mass is 16.5. The Kier molecular flexibility index (Phi) is 4.51. The molecule has 2 aliphatic heterocycles. The predicted octanol–water partition coefficient (Wildman–Crippen LogP) is 2.44. The fourth-order valence-electron chi connectivity index (χ4n) is 3.45. The van der Waals surface area contributed by atoms with Crippen LogP contribution in [-0.4, -0.2) is 47.8 Å². The quantitative estimate of drug-likeness (QED) is 0.785. The van der Waals surface area contributed by atoms with Crippen molar-refractivity contribution >= 4 is 5.91 Å². The summed E-state index contributed by atoms with van der Waals surface area (Å²) >= 11 is 0. The van der Waals surface area contributed by atoms with Crippen molar-refractivity contribution in [2.75, 3.05) is 20.2 Å². The van der Waals surface area contributed by atoms with Crippen LogP contribution in [0.4, 0.5) is 0 Å². The van der Waals surface area contributed by atoms with Crippen LogP contribution in [0.25, 0.3) is 0 Å². The lowest BCUT2D eigenvalue weighted by Gasteiger charge is -2.45. The van der Waals surface area contributed by atoms with Crippen molar-refractivity contribution in [3.05, 3.63) is 0 Å². The Balaban J connectivity index is 2.13. The molecule has 0 unspecified atom stereocenters. The molecule has 4 heteroatoms. The van der Waals surface area contributed by atoms with Crippen LogP contribution in [0.15, 0.2) is 0 Å². The van der Waals surface area contributed by atoms with Crippen molar-refractivity contribution < 1.29 is 9.53 Å². The topological polar surface area (TPSA) is 32.8 Å². The monoisotopic (exact) mass is 268 g/mol. The standard InChI is InChI=1S/C15H28N2O2/c1-5-12-8-6-11-17(14(12)18)16-10-7-9-13(16)15(2,3)19-4/h12-13H,5-11H2,1-4H3/t12-,13-/m0/s1. The molecule has 1 amide bonds. The number of methoxy groups -OCH3 is 1. The molecular formula is C15H28N2O2. The summed E-state index contributed by atoms with van der Waals surface area (Å²) in [4.78, 5) is 12.5. The van der Waals surface area contributed by atoms with Crippen LogP contribution in [0, 0.1) is 5.92 Å². The van der Waals surface area contributed by atoms with E-state index in [0.717, 1.165) is 45.2 Å². The lowest BCUT2D eigenvalue weighted by molar-refractivity contribution is -0.171. The van der Waals surface area contributed by atoms with Crippen molar-refractivity contribution in [2.24, 2.45) is 5.92 Å². The highest BCUT2D eigenvalue weighted by Crippen LogP contribution is 2.33. The second kappa shape index (κ2) is 5.80. The van der Waals surface area contributed by atoms with Gasteiger partial charge < -0.3 is 4.74 Å². The first-order valence-electron chi connectivity index (χ1n) is 7.64. The maximum Gasteiger partial charge on any atom is 0.239 e. The molecular weight excluding hydrogens is 240 g/mol. The van der Waals surface area contributed by atoms with E-state index in [1.165, 1.54) is 0 Å². The Bertz CT molecular complexity index is 330. The van der Waals surface area contributed by atoms with Crippen LogP contribution in [-0.2, 0) is 9.53 Å². The Hall–Kier alpha value is -0.610. The van der Waals surface area contributed by atoms with E-state index in [9.17, 15) is 4.79 Å². The fourth-order valence-corrected chi connectivity index (χ4v) is 3.45. The van der Waals surface area contributed by atoms with Gasteiger partial charge in [-0.3, -0.25) is 9.80 Å². The van der Waals surface area contributed by atoms with Gasteiger partial charge in [0, 0.05) is 26.1 Å². The molecule has 0 spiro atoms. The van der Waals surface area contributed by atoms with Gasteiger partial charge in [0.2, 0.25) is 5.91 Å². The number of hydrazine groups is 1. The van der Waals surface area contributed by atoms with Gasteiger partial charge in [-0.2, -0.15) is 0 Å². The third-order valence-electron chi connectivity index (χ3n) is 4.88. The molecule has 4 nitrogen and oxygen atoms in total. The second-order valence-corrected chi connectivity index (χ2v) is 6.34. The van der Waals surface area contributed by atoms with Crippen molar-refractivity contribution in [1.82, 2.24) is 10.0 Å². The SMILES string of the molecule is CC[C@H]1CCCN(N2CCC[C@H]2C(C)(C)OC)C1=O. The third kappa shape index (κ3) is 2.79. The minimum absolute atomic E-state index is 0.198. The van der Waals surface area contributed by atoms with Crippen molar-refractivity contribution in [2.45, 2.75) is 64.5 Å². The third-order valence-corrected chi connectivity index (χ3v) is 4.88. The van der Waals surface area contributed by atoms with Crippen molar-refractivity contribution in [1.29, 1.82) is 0 Å². The first kappa shape index (κ1) is 14.8. The molecule has 110 valence electrons. The van der Waals surface area contributed by atoms with E-state index in [4.69, 9.17) is 4.74 Å². The summed E-state index contributed by atoms with van der Waals surface area (Å²) in [6.45, 7) is 8.24. The largest absolute Gasteiger partial charge is 0.377 e. The van der Waals surface area contributed by atoms with Gasteiger partial charge in [-0.1, -0.05) is 6.92 Å². The Labute approximate surface area is 117 Å². The highest BCUT2D eigenvalue weighted by molar-refractivity contribution is 5.79. The molecule has 2 heterocycles.